The van der Waals surface area contributed by atoms with Crippen molar-refractivity contribution >= 4 is 23.0 Å². The fourth-order valence-electron chi connectivity index (χ4n) is 3.83. The van der Waals surface area contributed by atoms with Crippen molar-refractivity contribution in [2.24, 2.45) is 0 Å². The maximum absolute atomic E-state index is 5.79. The van der Waals surface area contributed by atoms with Crippen LogP contribution in [-0.2, 0) is 11.3 Å². The molecule has 1 aromatic carbocycles. The number of nitrogens with zero attached hydrogens (tertiary/aromatic N) is 3. The Morgan fingerprint density at radius 2 is 1.90 bits per heavy atom. The summed E-state index contributed by atoms with van der Waals surface area (Å²) in [5.41, 5.74) is 3.00. The fourth-order valence-corrected chi connectivity index (χ4v) is 4.17. The molecule has 3 heterocycles. The molecule has 0 saturated carbocycles. The third-order valence-corrected chi connectivity index (χ3v) is 5.46. The molecule has 1 saturated heterocycles. The second-order valence-electron chi connectivity index (χ2n) is 6.79. The number of pyridine rings is 1. The Bertz CT molecular complexity index is 976. The van der Waals surface area contributed by atoms with Gasteiger partial charge in [0.1, 0.15) is 11.8 Å². The highest BCUT2D eigenvalue weighted by Crippen LogP contribution is 2.44. The minimum absolute atomic E-state index is 0.0828. The standard InChI is InChI=1S/C22H24N4O2S/c1-27-15-14-25-13-7-10-18(25)21-20(16-8-5-6-12-23-16)24-22(29)26(21)17-9-3-4-11-19(17)28-2/h3-13,20-21H,14-15H2,1-2H3,(H,24,29)/t20-,21+/m0/s1. The molecule has 1 aliphatic heterocycles. The van der Waals surface area contributed by atoms with Gasteiger partial charge in [-0.2, -0.15) is 0 Å². The highest BCUT2D eigenvalue weighted by Gasteiger charge is 2.42. The van der Waals surface area contributed by atoms with E-state index in [0.717, 1.165) is 29.4 Å². The number of nitrogens with one attached hydrogen (secondary N) is 1. The molecule has 1 fully saturated rings. The zero-order valence-corrected chi connectivity index (χ0v) is 17.3. The molecule has 3 aromatic rings. The quantitative estimate of drug-likeness (QED) is 0.602. The molecule has 0 spiro atoms. The predicted molar refractivity (Wildman–Crippen MR) is 117 cm³/mol. The minimum Gasteiger partial charge on any atom is -0.495 e. The summed E-state index contributed by atoms with van der Waals surface area (Å²) in [4.78, 5) is 6.73. The van der Waals surface area contributed by atoms with E-state index >= 15 is 0 Å². The van der Waals surface area contributed by atoms with Crippen LogP contribution >= 0.6 is 12.2 Å². The van der Waals surface area contributed by atoms with Gasteiger partial charge in [-0.3, -0.25) is 4.98 Å². The van der Waals surface area contributed by atoms with Crippen LogP contribution in [0.1, 0.15) is 23.5 Å². The van der Waals surface area contributed by atoms with Crippen LogP contribution in [0.25, 0.3) is 0 Å². The number of aromatic nitrogens is 2. The summed E-state index contributed by atoms with van der Waals surface area (Å²) in [7, 11) is 3.39. The van der Waals surface area contributed by atoms with Gasteiger partial charge in [-0.15, -0.1) is 0 Å². The summed E-state index contributed by atoms with van der Waals surface area (Å²) in [6, 6.07) is 17.9. The first-order valence-corrected chi connectivity index (χ1v) is 9.93. The molecule has 0 radical (unpaired) electrons. The van der Waals surface area contributed by atoms with E-state index in [1.807, 2.05) is 48.7 Å². The van der Waals surface area contributed by atoms with E-state index in [0.29, 0.717) is 11.7 Å². The molecular weight excluding hydrogens is 384 g/mol. The van der Waals surface area contributed by atoms with Gasteiger partial charge in [0.15, 0.2) is 5.11 Å². The summed E-state index contributed by atoms with van der Waals surface area (Å²) < 4.78 is 13.2. The molecule has 6 nitrogen and oxygen atoms in total. The van der Waals surface area contributed by atoms with Crippen LogP contribution < -0.4 is 15.0 Å². The Kier molecular flexibility index (Phi) is 5.78. The number of benzene rings is 1. The first kappa shape index (κ1) is 19.4. The number of rotatable bonds is 7. The van der Waals surface area contributed by atoms with Crippen LogP contribution in [-0.4, -0.2) is 35.5 Å². The normalized spacial score (nSPS) is 18.7. The molecular formula is C22H24N4O2S. The molecule has 7 heteroatoms. The lowest BCUT2D eigenvalue weighted by Gasteiger charge is -2.29. The molecule has 29 heavy (non-hydrogen) atoms. The van der Waals surface area contributed by atoms with Gasteiger partial charge >= 0.3 is 0 Å². The zero-order valence-electron chi connectivity index (χ0n) is 16.5. The van der Waals surface area contributed by atoms with Gasteiger partial charge in [-0.1, -0.05) is 18.2 Å². The van der Waals surface area contributed by atoms with Crippen molar-refractivity contribution in [3.8, 4) is 5.75 Å². The number of ether oxygens (including phenoxy) is 2. The largest absolute Gasteiger partial charge is 0.495 e. The molecule has 2 atom stereocenters. The molecule has 4 rings (SSSR count). The summed E-state index contributed by atoms with van der Waals surface area (Å²) in [6.45, 7) is 1.39. The van der Waals surface area contributed by atoms with Crippen molar-refractivity contribution in [2.45, 2.75) is 18.6 Å². The molecule has 2 aromatic heterocycles. The third-order valence-electron chi connectivity index (χ3n) is 5.15. The Labute approximate surface area is 176 Å². The number of methoxy groups -OCH3 is 2. The van der Waals surface area contributed by atoms with Crippen LogP contribution in [0.15, 0.2) is 67.0 Å². The number of anilines is 1. The van der Waals surface area contributed by atoms with Crippen molar-refractivity contribution in [2.75, 3.05) is 25.7 Å². The number of para-hydroxylation sites is 2. The minimum atomic E-state index is -0.0928. The molecule has 0 unspecified atom stereocenters. The molecule has 0 bridgehead atoms. The fraction of sp³-hybridized carbons (Fsp3) is 0.273. The monoisotopic (exact) mass is 408 g/mol. The molecule has 1 aliphatic rings. The highest BCUT2D eigenvalue weighted by molar-refractivity contribution is 7.80. The van der Waals surface area contributed by atoms with E-state index < -0.39 is 0 Å². The first-order valence-electron chi connectivity index (χ1n) is 9.52. The van der Waals surface area contributed by atoms with Crippen LogP contribution in [0.5, 0.6) is 5.75 Å². The van der Waals surface area contributed by atoms with Crippen molar-refractivity contribution in [1.29, 1.82) is 0 Å². The molecule has 0 aliphatic carbocycles. The average molecular weight is 409 g/mol. The summed E-state index contributed by atoms with van der Waals surface area (Å²) in [5.74, 6) is 0.776. The second-order valence-corrected chi connectivity index (χ2v) is 7.17. The van der Waals surface area contributed by atoms with E-state index in [4.69, 9.17) is 21.7 Å². The lowest BCUT2D eigenvalue weighted by Crippen LogP contribution is -2.31. The van der Waals surface area contributed by atoms with Gasteiger partial charge in [-0.05, 0) is 48.6 Å². The smallest absolute Gasteiger partial charge is 0.174 e. The van der Waals surface area contributed by atoms with Gasteiger partial charge < -0.3 is 24.3 Å². The van der Waals surface area contributed by atoms with Crippen LogP contribution in [0, 0.1) is 0 Å². The van der Waals surface area contributed by atoms with E-state index in [9.17, 15) is 0 Å². The van der Waals surface area contributed by atoms with E-state index in [2.05, 4.69) is 38.1 Å². The molecule has 0 amide bonds. The van der Waals surface area contributed by atoms with Crippen molar-refractivity contribution in [3.05, 3.63) is 78.4 Å². The van der Waals surface area contributed by atoms with Crippen LogP contribution in [0.2, 0.25) is 0 Å². The van der Waals surface area contributed by atoms with E-state index in [1.54, 1.807) is 14.2 Å². The first-order chi connectivity index (χ1) is 14.2. The van der Waals surface area contributed by atoms with Gasteiger partial charge in [0.25, 0.3) is 0 Å². The average Bonchev–Trinajstić information content (AvgIpc) is 3.36. The predicted octanol–water partition coefficient (Wildman–Crippen LogP) is 3.72. The topological polar surface area (TPSA) is 51.5 Å². The van der Waals surface area contributed by atoms with Crippen LogP contribution in [0.4, 0.5) is 5.69 Å². The third kappa shape index (κ3) is 3.71. The number of hydrogen-bond acceptors (Lipinski definition) is 4. The Hall–Kier alpha value is -2.90. The summed E-state index contributed by atoms with van der Waals surface area (Å²) >= 11 is 5.79. The summed E-state index contributed by atoms with van der Waals surface area (Å²) in [5, 5.41) is 4.13. The molecule has 1 N–H and O–H groups in total. The zero-order chi connectivity index (χ0) is 20.2. The summed E-state index contributed by atoms with van der Waals surface area (Å²) in [6.07, 6.45) is 3.89. The Morgan fingerprint density at radius 3 is 2.66 bits per heavy atom. The van der Waals surface area contributed by atoms with Crippen molar-refractivity contribution < 1.29 is 9.47 Å². The van der Waals surface area contributed by atoms with Crippen molar-refractivity contribution in [3.63, 3.8) is 0 Å². The van der Waals surface area contributed by atoms with Gasteiger partial charge in [0.2, 0.25) is 0 Å². The van der Waals surface area contributed by atoms with Gasteiger partial charge in [0.05, 0.1) is 31.1 Å². The van der Waals surface area contributed by atoms with E-state index in [1.165, 1.54) is 0 Å². The Morgan fingerprint density at radius 1 is 1.07 bits per heavy atom. The molecule has 150 valence electrons. The lowest BCUT2D eigenvalue weighted by atomic mass is 10.0. The highest BCUT2D eigenvalue weighted by atomic mass is 32.1. The number of thiocarbonyl (C=S) groups is 1. The van der Waals surface area contributed by atoms with Crippen molar-refractivity contribution in [1.82, 2.24) is 14.9 Å². The number of hydrogen-bond donors (Lipinski definition) is 1. The Balaban J connectivity index is 1.83. The van der Waals surface area contributed by atoms with Gasteiger partial charge in [0, 0.05) is 31.7 Å². The second kappa shape index (κ2) is 8.63. The van der Waals surface area contributed by atoms with E-state index in [-0.39, 0.29) is 12.1 Å². The maximum atomic E-state index is 5.79. The van der Waals surface area contributed by atoms with Crippen LogP contribution in [0.3, 0.4) is 0 Å². The van der Waals surface area contributed by atoms with Gasteiger partial charge in [-0.25, -0.2) is 0 Å². The SMILES string of the molecule is COCCn1cccc1[C@@H]1[C@H](c2ccccn2)NC(=S)N1c1ccccc1OC. The lowest BCUT2D eigenvalue weighted by molar-refractivity contribution is 0.186. The maximum Gasteiger partial charge on any atom is 0.174 e.